The Kier molecular flexibility index (Phi) is 5.72. The van der Waals surface area contributed by atoms with E-state index < -0.39 is 0 Å². The molecular formula is C11H19ClN2OS. The van der Waals surface area contributed by atoms with Gasteiger partial charge in [-0.3, -0.25) is 4.90 Å². The van der Waals surface area contributed by atoms with Gasteiger partial charge in [-0.25, -0.2) is 0 Å². The highest BCUT2D eigenvalue weighted by molar-refractivity contribution is 7.16. The van der Waals surface area contributed by atoms with Crippen molar-refractivity contribution >= 4 is 22.9 Å². The quantitative estimate of drug-likeness (QED) is 0.856. The smallest absolute Gasteiger partial charge is 0.0931 e. The minimum Gasteiger partial charge on any atom is -0.383 e. The first-order valence-electron chi connectivity index (χ1n) is 5.26. The summed E-state index contributed by atoms with van der Waals surface area (Å²) in [5.41, 5.74) is 6.03. The van der Waals surface area contributed by atoms with E-state index >= 15 is 0 Å². The fourth-order valence-electron chi connectivity index (χ4n) is 1.74. The molecule has 2 unspecified atom stereocenters. The van der Waals surface area contributed by atoms with Gasteiger partial charge >= 0.3 is 0 Å². The van der Waals surface area contributed by atoms with Gasteiger partial charge in [-0.1, -0.05) is 11.6 Å². The van der Waals surface area contributed by atoms with Crippen molar-refractivity contribution in [2.45, 2.75) is 19.0 Å². The summed E-state index contributed by atoms with van der Waals surface area (Å²) in [6, 6.07) is 4.23. The van der Waals surface area contributed by atoms with Crippen LogP contribution in [0, 0.1) is 0 Å². The molecule has 5 heteroatoms. The van der Waals surface area contributed by atoms with Gasteiger partial charge < -0.3 is 10.5 Å². The average Bonchev–Trinajstić information content (AvgIpc) is 2.61. The van der Waals surface area contributed by atoms with Crippen LogP contribution < -0.4 is 5.73 Å². The standard InChI is InChI=1S/C11H19ClN2OS/c1-8(13)11(14(2)6-7-15-3)9-4-5-10(12)16-9/h4-5,8,11H,6-7,13H2,1-3H3. The molecule has 2 atom stereocenters. The summed E-state index contributed by atoms with van der Waals surface area (Å²) >= 11 is 7.54. The highest BCUT2D eigenvalue weighted by atomic mass is 35.5. The van der Waals surface area contributed by atoms with Crippen LogP contribution >= 0.6 is 22.9 Å². The molecule has 2 N–H and O–H groups in total. The lowest BCUT2D eigenvalue weighted by atomic mass is 10.1. The van der Waals surface area contributed by atoms with E-state index in [1.165, 1.54) is 4.88 Å². The first-order chi connectivity index (χ1) is 7.56. The van der Waals surface area contributed by atoms with E-state index in [0.717, 1.165) is 10.9 Å². The van der Waals surface area contributed by atoms with Gasteiger partial charge in [0.15, 0.2) is 0 Å². The van der Waals surface area contributed by atoms with Gasteiger partial charge in [0.05, 0.1) is 17.0 Å². The van der Waals surface area contributed by atoms with Crippen LogP contribution in [0.15, 0.2) is 12.1 Å². The molecule has 0 aromatic carbocycles. The van der Waals surface area contributed by atoms with Crippen molar-refractivity contribution in [3.05, 3.63) is 21.3 Å². The molecule has 0 aliphatic carbocycles. The van der Waals surface area contributed by atoms with Crippen molar-refractivity contribution in [2.24, 2.45) is 5.73 Å². The van der Waals surface area contributed by atoms with Crippen LogP contribution in [0.1, 0.15) is 17.8 Å². The molecule has 0 aliphatic rings. The number of halogens is 1. The Morgan fingerprint density at radius 3 is 2.69 bits per heavy atom. The summed E-state index contributed by atoms with van der Waals surface area (Å²) in [6.45, 7) is 3.58. The molecule has 0 aliphatic heterocycles. The minimum atomic E-state index is 0.0663. The molecule has 0 bridgehead atoms. The Morgan fingerprint density at radius 1 is 1.56 bits per heavy atom. The van der Waals surface area contributed by atoms with Gasteiger partial charge in [-0.05, 0) is 26.1 Å². The Morgan fingerprint density at radius 2 is 2.25 bits per heavy atom. The summed E-state index contributed by atoms with van der Waals surface area (Å²) in [5.74, 6) is 0. The summed E-state index contributed by atoms with van der Waals surface area (Å²) in [6.07, 6.45) is 0. The summed E-state index contributed by atoms with van der Waals surface area (Å²) in [4.78, 5) is 3.41. The Balaban J connectivity index is 2.74. The number of hydrogen-bond acceptors (Lipinski definition) is 4. The fraction of sp³-hybridized carbons (Fsp3) is 0.636. The molecule has 0 fully saturated rings. The van der Waals surface area contributed by atoms with Crippen molar-refractivity contribution in [1.82, 2.24) is 4.90 Å². The topological polar surface area (TPSA) is 38.5 Å². The van der Waals surface area contributed by atoms with Crippen molar-refractivity contribution in [3.63, 3.8) is 0 Å². The van der Waals surface area contributed by atoms with Gasteiger partial charge in [0.25, 0.3) is 0 Å². The predicted octanol–water partition coefficient (Wildman–Crippen LogP) is 2.37. The maximum Gasteiger partial charge on any atom is 0.0931 e. The second-order valence-electron chi connectivity index (χ2n) is 3.92. The number of methoxy groups -OCH3 is 1. The van der Waals surface area contributed by atoms with Crippen LogP contribution in [0.3, 0.4) is 0 Å². The predicted molar refractivity (Wildman–Crippen MR) is 70.2 cm³/mol. The normalized spacial score (nSPS) is 15.4. The zero-order chi connectivity index (χ0) is 12.1. The average molecular weight is 263 g/mol. The Labute approximate surface area is 106 Å². The lowest BCUT2D eigenvalue weighted by molar-refractivity contribution is 0.132. The van der Waals surface area contributed by atoms with E-state index in [-0.39, 0.29) is 12.1 Å². The van der Waals surface area contributed by atoms with Crippen molar-refractivity contribution in [2.75, 3.05) is 27.3 Å². The third-order valence-electron chi connectivity index (χ3n) is 2.51. The minimum absolute atomic E-state index is 0.0663. The second kappa shape index (κ2) is 6.57. The lowest BCUT2D eigenvalue weighted by Gasteiger charge is -2.30. The molecule has 1 heterocycles. The lowest BCUT2D eigenvalue weighted by Crippen LogP contribution is -2.38. The third-order valence-corrected chi connectivity index (χ3v) is 3.81. The van der Waals surface area contributed by atoms with Gasteiger partial charge in [0, 0.05) is 24.6 Å². The van der Waals surface area contributed by atoms with Crippen LogP contribution in [0.5, 0.6) is 0 Å². The molecule has 0 amide bonds. The van der Waals surface area contributed by atoms with Crippen LogP contribution in [-0.2, 0) is 4.74 Å². The van der Waals surface area contributed by atoms with E-state index in [0.29, 0.717) is 6.61 Å². The zero-order valence-corrected chi connectivity index (χ0v) is 11.5. The highest BCUT2D eigenvalue weighted by Gasteiger charge is 2.22. The first-order valence-corrected chi connectivity index (χ1v) is 6.45. The van der Waals surface area contributed by atoms with E-state index in [2.05, 4.69) is 11.9 Å². The van der Waals surface area contributed by atoms with Crippen LogP contribution in [0.25, 0.3) is 0 Å². The number of rotatable bonds is 6. The number of nitrogens with zero attached hydrogens (tertiary/aromatic N) is 1. The summed E-state index contributed by atoms with van der Waals surface area (Å²) in [7, 11) is 3.76. The summed E-state index contributed by atoms with van der Waals surface area (Å²) in [5, 5.41) is 0. The van der Waals surface area contributed by atoms with E-state index in [1.807, 2.05) is 19.1 Å². The molecule has 0 spiro atoms. The largest absolute Gasteiger partial charge is 0.383 e. The van der Waals surface area contributed by atoms with E-state index in [4.69, 9.17) is 22.1 Å². The fourth-order valence-corrected chi connectivity index (χ4v) is 3.08. The van der Waals surface area contributed by atoms with Crippen molar-refractivity contribution in [1.29, 1.82) is 0 Å². The number of ether oxygens (including phenoxy) is 1. The van der Waals surface area contributed by atoms with E-state index in [1.54, 1.807) is 18.4 Å². The van der Waals surface area contributed by atoms with Gasteiger partial charge in [-0.15, -0.1) is 11.3 Å². The molecule has 0 saturated heterocycles. The Bertz CT molecular complexity index is 317. The Hall–Kier alpha value is -0.130. The van der Waals surface area contributed by atoms with Crippen molar-refractivity contribution < 1.29 is 4.74 Å². The highest BCUT2D eigenvalue weighted by Crippen LogP contribution is 2.31. The second-order valence-corrected chi connectivity index (χ2v) is 5.67. The first kappa shape index (κ1) is 13.9. The van der Waals surface area contributed by atoms with Crippen LogP contribution in [-0.4, -0.2) is 38.3 Å². The number of nitrogens with two attached hydrogens (primary N) is 1. The molecule has 3 nitrogen and oxygen atoms in total. The van der Waals surface area contributed by atoms with E-state index in [9.17, 15) is 0 Å². The van der Waals surface area contributed by atoms with Crippen LogP contribution in [0.2, 0.25) is 4.34 Å². The maximum absolute atomic E-state index is 6.03. The summed E-state index contributed by atoms with van der Waals surface area (Å²) < 4.78 is 5.88. The van der Waals surface area contributed by atoms with Gasteiger partial charge in [0.1, 0.15) is 0 Å². The molecular weight excluding hydrogens is 244 g/mol. The SMILES string of the molecule is COCCN(C)C(c1ccc(Cl)s1)C(C)N. The molecule has 0 radical (unpaired) electrons. The molecule has 92 valence electrons. The van der Waals surface area contributed by atoms with Crippen molar-refractivity contribution in [3.8, 4) is 0 Å². The number of likely N-dealkylation sites (N-methyl/N-ethyl adjacent to an activating group) is 1. The molecule has 0 saturated carbocycles. The monoisotopic (exact) mass is 262 g/mol. The molecule has 1 aromatic rings. The van der Waals surface area contributed by atoms with Gasteiger partial charge in [0.2, 0.25) is 0 Å². The number of hydrogen-bond donors (Lipinski definition) is 1. The molecule has 16 heavy (non-hydrogen) atoms. The number of thiophene rings is 1. The third kappa shape index (κ3) is 3.71. The van der Waals surface area contributed by atoms with Crippen LogP contribution in [0.4, 0.5) is 0 Å². The molecule has 1 rings (SSSR count). The zero-order valence-electron chi connectivity index (χ0n) is 9.94. The molecule has 1 aromatic heterocycles. The maximum atomic E-state index is 6.03. The van der Waals surface area contributed by atoms with Gasteiger partial charge in [-0.2, -0.15) is 0 Å².